The Hall–Kier alpha value is -0.810. The van der Waals surface area contributed by atoms with Gasteiger partial charge in [-0.25, -0.2) is 4.79 Å². The Morgan fingerprint density at radius 2 is 1.94 bits per heavy atom. The molecule has 5 nitrogen and oxygen atoms in total. The number of amides is 1. The molecule has 2 atom stereocenters. The molecular weight excluding hydrogens is 232 g/mol. The van der Waals surface area contributed by atoms with Gasteiger partial charge in [0.15, 0.2) is 0 Å². The lowest BCUT2D eigenvalue weighted by Gasteiger charge is -2.21. The van der Waals surface area contributed by atoms with E-state index >= 15 is 0 Å². The lowest BCUT2D eigenvalue weighted by Crippen LogP contribution is -2.43. The van der Waals surface area contributed by atoms with Gasteiger partial charge in [-0.1, -0.05) is 13.3 Å². The number of hydrogen-bond donors (Lipinski definition) is 3. The summed E-state index contributed by atoms with van der Waals surface area (Å²) < 4.78 is 5.13. The highest BCUT2D eigenvalue weighted by Crippen LogP contribution is 2.06. The lowest BCUT2D eigenvalue weighted by molar-refractivity contribution is 0.0522. The summed E-state index contributed by atoms with van der Waals surface area (Å²) in [4.78, 5) is 11.4. The van der Waals surface area contributed by atoms with Crippen molar-refractivity contribution < 1.29 is 14.6 Å². The number of alkyl carbamates (subject to hydrolysis) is 1. The Morgan fingerprint density at radius 1 is 1.33 bits per heavy atom. The molecule has 0 saturated heterocycles. The van der Waals surface area contributed by atoms with Gasteiger partial charge in [-0.2, -0.15) is 0 Å². The van der Waals surface area contributed by atoms with E-state index in [9.17, 15) is 9.90 Å². The molecule has 0 aromatic heterocycles. The van der Waals surface area contributed by atoms with Crippen LogP contribution in [0.4, 0.5) is 4.79 Å². The van der Waals surface area contributed by atoms with E-state index in [0.29, 0.717) is 13.1 Å². The maximum absolute atomic E-state index is 11.4. The van der Waals surface area contributed by atoms with Crippen LogP contribution in [-0.2, 0) is 4.74 Å². The number of aliphatic hydroxyl groups excluding tert-OH is 1. The van der Waals surface area contributed by atoms with Gasteiger partial charge in [0.2, 0.25) is 0 Å². The fraction of sp³-hybridized carbons (Fsp3) is 0.923. The SMILES string of the molecule is CCCC(O)CNC(C)CNC(=O)OC(C)(C)C. The maximum atomic E-state index is 11.4. The van der Waals surface area contributed by atoms with Gasteiger partial charge < -0.3 is 20.5 Å². The van der Waals surface area contributed by atoms with Gasteiger partial charge in [0.25, 0.3) is 0 Å². The van der Waals surface area contributed by atoms with Crippen molar-refractivity contribution in [3.8, 4) is 0 Å². The zero-order chi connectivity index (χ0) is 14.2. The van der Waals surface area contributed by atoms with Crippen LogP contribution >= 0.6 is 0 Å². The molecule has 1 amide bonds. The van der Waals surface area contributed by atoms with E-state index in [0.717, 1.165) is 12.8 Å². The molecule has 0 aliphatic rings. The summed E-state index contributed by atoms with van der Waals surface area (Å²) >= 11 is 0. The molecule has 0 aromatic carbocycles. The van der Waals surface area contributed by atoms with Crippen molar-refractivity contribution in [1.82, 2.24) is 10.6 Å². The number of hydrogen-bond acceptors (Lipinski definition) is 4. The van der Waals surface area contributed by atoms with Gasteiger partial charge in [-0.15, -0.1) is 0 Å². The number of nitrogens with one attached hydrogen (secondary N) is 2. The van der Waals surface area contributed by atoms with E-state index in [1.807, 2.05) is 34.6 Å². The molecule has 0 aliphatic heterocycles. The predicted molar refractivity (Wildman–Crippen MR) is 72.6 cm³/mol. The first kappa shape index (κ1) is 17.2. The van der Waals surface area contributed by atoms with Crippen LogP contribution in [0.25, 0.3) is 0 Å². The largest absolute Gasteiger partial charge is 0.444 e. The quantitative estimate of drug-likeness (QED) is 0.651. The Balaban J connectivity index is 3.70. The summed E-state index contributed by atoms with van der Waals surface area (Å²) in [6.45, 7) is 10.5. The Bertz CT molecular complexity index is 239. The van der Waals surface area contributed by atoms with Crippen molar-refractivity contribution >= 4 is 6.09 Å². The normalized spacial score (nSPS) is 15.0. The topological polar surface area (TPSA) is 70.6 Å². The molecule has 5 heteroatoms. The van der Waals surface area contributed by atoms with Crippen LogP contribution in [0.1, 0.15) is 47.5 Å². The Labute approximate surface area is 110 Å². The van der Waals surface area contributed by atoms with Crippen LogP contribution < -0.4 is 10.6 Å². The maximum Gasteiger partial charge on any atom is 0.407 e. The third kappa shape index (κ3) is 10.4. The van der Waals surface area contributed by atoms with Crippen molar-refractivity contribution in [2.75, 3.05) is 13.1 Å². The molecule has 0 radical (unpaired) electrons. The lowest BCUT2D eigenvalue weighted by atomic mass is 10.2. The molecule has 0 saturated carbocycles. The van der Waals surface area contributed by atoms with E-state index < -0.39 is 11.7 Å². The number of carbonyl (C=O) groups is 1. The minimum Gasteiger partial charge on any atom is -0.444 e. The second kappa shape index (κ2) is 8.32. The minimum absolute atomic E-state index is 0.101. The summed E-state index contributed by atoms with van der Waals surface area (Å²) in [5.74, 6) is 0. The van der Waals surface area contributed by atoms with E-state index in [1.165, 1.54) is 0 Å². The monoisotopic (exact) mass is 260 g/mol. The standard InChI is InChI=1S/C13H28N2O3/c1-6-7-11(16)9-14-10(2)8-15-12(17)18-13(3,4)5/h10-11,14,16H,6-9H2,1-5H3,(H,15,17). The van der Waals surface area contributed by atoms with Crippen molar-refractivity contribution in [3.63, 3.8) is 0 Å². The van der Waals surface area contributed by atoms with Crippen molar-refractivity contribution in [3.05, 3.63) is 0 Å². The number of aliphatic hydroxyl groups is 1. The molecular formula is C13H28N2O3. The average Bonchev–Trinajstić information content (AvgIpc) is 2.21. The van der Waals surface area contributed by atoms with E-state index in [1.54, 1.807) is 0 Å². The number of ether oxygens (including phenoxy) is 1. The predicted octanol–water partition coefficient (Wildman–Crippen LogP) is 1.65. The van der Waals surface area contributed by atoms with Crippen LogP contribution in [0.2, 0.25) is 0 Å². The van der Waals surface area contributed by atoms with Crippen LogP contribution in [0.5, 0.6) is 0 Å². The van der Waals surface area contributed by atoms with Crippen LogP contribution in [0.15, 0.2) is 0 Å². The third-order valence-corrected chi connectivity index (χ3v) is 2.28. The van der Waals surface area contributed by atoms with Gasteiger partial charge in [-0.3, -0.25) is 0 Å². The first-order valence-electron chi connectivity index (χ1n) is 6.63. The van der Waals surface area contributed by atoms with Crippen molar-refractivity contribution in [1.29, 1.82) is 0 Å². The van der Waals surface area contributed by atoms with E-state index in [-0.39, 0.29) is 12.1 Å². The summed E-state index contributed by atoms with van der Waals surface area (Å²) in [7, 11) is 0. The first-order valence-corrected chi connectivity index (χ1v) is 6.63. The number of carbonyl (C=O) groups excluding carboxylic acids is 1. The smallest absolute Gasteiger partial charge is 0.407 e. The van der Waals surface area contributed by atoms with Crippen LogP contribution in [0.3, 0.4) is 0 Å². The summed E-state index contributed by atoms with van der Waals surface area (Å²) in [6, 6.07) is 0.101. The highest BCUT2D eigenvalue weighted by molar-refractivity contribution is 5.67. The van der Waals surface area contributed by atoms with E-state index in [4.69, 9.17) is 4.74 Å². The first-order chi connectivity index (χ1) is 8.24. The van der Waals surface area contributed by atoms with Gasteiger partial charge in [0.1, 0.15) is 5.60 Å². The average molecular weight is 260 g/mol. The molecule has 0 fully saturated rings. The molecule has 2 unspecified atom stereocenters. The Morgan fingerprint density at radius 3 is 2.44 bits per heavy atom. The molecule has 0 aliphatic carbocycles. The molecule has 0 bridgehead atoms. The Kier molecular flexibility index (Phi) is 7.95. The van der Waals surface area contributed by atoms with Gasteiger partial charge in [-0.05, 0) is 34.1 Å². The van der Waals surface area contributed by atoms with Gasteiger partial charge >= 0.3 is 6.09 Å². The van der Waals surface area contributed by atoms with Crippen LogP contribution in [-0.4, -0.2) is 42.0 Å². The minimum atomic E-state index is -0.474. The summed E-state index contributed by atoms with van der Waals surface area (Å²) in [5, 5.41) is 15.4. The molecule has 0 rings (SSSR count). The highest BCUT2D eigenvalue weighted by Gasteiger charge is 2.16. The number of rotatable bonds is 7. The van der Waals surface area contributed by atoms with E-state index in [2.05, 4.69) is 10.6 Å². The van der Waals surface area contributed by atoms with Crippen LogP contribution in [0, 0.1) is 0 Å². The summed E-state index contributed by atoms with van der Waals surface area (Å²) in [6.07, 6.45) is 1.02. The molecule has 0 aromatic rings. The molecule has 0 heterocycles. The molecule has 0 spiro atoms. The van der Waals surface area contributed by atoms with Crippen molar-refractivity contribution in [2.45, 2.75) is 65.2 Å². The van der Waals surface area contributed by atoms with Crippen molar-refractivity contribution in [2.24, 2.45) is 0 Å². The fourth-order valence-electron chi connectivity index (χ4n) is 1.40. The fourth-order valence-corrected chi connectivity index (χ4v) is 1.40. The zero-order valence-corrected chi connectivity index (χ0v) is 12.2. The highest BCUT2D eigenvalue weighted by atomic mass is 16.6. The third-order valence-electron chi connectivity index (χ3n) is 2.28. The molecule has 108 valence electrons. The second-order valence-electron chi connectivity index (χ2n) is 5.63. The zero-order valence-electron chi connectivity index (χ0n) is 12.2. The molecule has 18 heavy (non-hydrogen) atoms. The second-order valence-corrected chi connectivity index (χ2v) is 5.63. The van der Waals surface area contributed by atoms with Gasteiger partial charge in [0.05, 0.1) is 6.10 Å². The summed E-state index contributed by atoms with van der Waals surface area (Å²) in [5.41, 5.74) is -0.474. The van der Waals surface area contributed by atoms with Gasteiger partial charge in [0, 0.05) is 19.1 Å². The molecule has 3 N–H and O–H groups in total.